The molecule has 0 fully saturated rings. The number of amides is 1. The Labute approximate surface area is 182 Å². The molecule has 0 bridgehead atoms. The van der Waals surface area contributed by atoms with Gasteiger partial charge in [0.05, 0.1) is 16.6 Å². The average molecular weight is 441 g/mol. The van der Waals surface area contributed by atoms with Crippen molar-refractivity contribution in [3.8, 4) is 0 Å². The van der Waals surface area contributed by atoms with E-state index in [0.29, 0.717) is 6.42 Å². The smallest absolute Gasteiger partial charge is 0.262 e. The van der Waals surface area contributed by atoms with Gasteiger partial charge < -0.3 is 5.32 Å². The molecule has 31 heavy (non-hydrogen) atoms. The third-order valence-electron chi connectivity index (χ3n) is 5.04. The number of nitrogens with one attached hydrogen (secondary N) is 2. The number of halogens is 1. The summed E-state index contributed by atoms with van der Waals surface area (Å²) < 4.78 is 41.5. The second-order valence-electron chi connectivity index (χ2n) is 7.41. The van der Waals surface area contributed by atoms with Crippen molar-refractivity contribution in [2.45, 2.75) is 38.1 Å². The highest BCUT2D eigenvalue weighted by atomic mass is 32.2. The Morgan fingerprint density at radius 2 is 1.74 bits per heavy atom. The van der Waals surface area contributed by atoms with Crippen molar-refractivity contribution in [2.75, 3.05) is 4.72 Å². The first kappa shape index (κ1) is 22.5. The zero-order valence-corrected chi connectivity index (χ0v) is 18.5. The summed E-state index contributed by atoms with van der Waals surface area (Å²) >= 11 is 0. The topological polar surface area (TPSA) is 75.3 Å². The van der Waals surface area contributed by atoms with E-state index in [1.165, 1.54) is 42.5 Å². The maximum Gasteiger partial charge on any atom is 0.262 e. The van der Waals surface area contributed by atoms with Gasteiger partial charge in [0.2, 0.25) is 0 Å². The number of carbonyl (C=O) groups is 1. The molecule has 0 saturated carbocycles. The fourth-order valence-corrected chi connectivity index (χ4v) is 4.52. The maximum atomic E-state index is 13.9. The molecule has 0 aliphatic rings. The highest BCUT2D eigenvalue weighted by molar-refractivity contribution is 7.92. The van der Waals surface area contributed by atoms with Crippen LogP contribution in [0.4, 0.5) is 10.1 Å². The molecular formula is C24H25FN2O3S. The Bertz CT molecular complexity index is 1210. The Balaban J connectivity index is 1.83. The predicted octanol–water partition coefficient (Wildman–Crippen LogP) is 5.12. The molecule has 162 valence electrons. The first-order valence-electron chi connectivity index (χ1n) is 9.96. The van der Waals surface area contributed by atoms with Gasteiger partial charge in [-0.05, 0) is 61.7 Å². The average Bonchev–Trinajstić information content (AvgIpc) is 2.74. The molecule has 0 radical (unpaired) electrons. The Hall–Kier alpha value is -3.19. The van der Waals surface area contributed by atoms with Crippen LogP contribution in [0.25, 0.3) is 0 Å². The number of rotatable bonds is 7. The summed E-state index contributed by atoms with van der Waals surface area (Å²) in [5.41, 5.74) is 3.30. The fourth-order valence-electron chi connectivity index (χ4n) is 3.41. The number of para-hydroxylation sites is 1. The monoisotopic (exact) mass is 440 g/mol. The Morgan fingerprint density at radius 3 is 2.42 bits per heavy atom. The Morgan fingerprint density at radius 1 is 1.00 bits per heavy atom. The first-order valence-corrected chi connectivity index (χ1v) is 11.4. The van der Waals surface area contributed by atoms with Gasteiger partial charge in [-0.2, -0.15) is 0 Å². The van der Waals surface area contributed by atoms with Crippen molar-refractivity contribution in [1.82, 2.24) is 5.32 Å². The van der Waals surface area contributed by atoms with E-state index in [-0.39, 0.29) is 28.1 Å². The molecule has 1 unspecified atom stereocenters. The number of sulfonamides is 1. The molecule has 7 heteroatoms. The number of carbonyl (C=O) groups excluding carboxylic acids is 1. The molecule has 0 aliphatic carbocycles. The fraction of sp³-hybridized carbons (Fsp3) is 0.208. The number of aryl methyl sites for hydroxylation is 2. The minimum absolute atomic E-state index is 0.122. The lowest BCUT2D eigenvalue weighted by molar-refractivity contribution is 0.0935. The first-order chi connectivity index (χ1) is 14.7. The Kier molecular flexibility index (Phi) is 6.75. The zero-order valence-electron chi connectivity index (χ0n) is 17.6. The minimum atomic E-state index is -4.06. The number of hydrogen-bond acceptors (Lipinski definition) is 3. The molecule has 1 atom stereocenters. The van der Waals surface area contributed by atoms with Gasteiger partial charge in [-0.1, -0.05) is 48.9 Å². The van der Waals surface area contributed by atoms with Gasteiger partial charge in [-0.3, -0.25) is 9.52 Å². The quantitative estimate of drug-likeness (QED) is 0.535. The van der Waals surface area contributed by atoms with Crippen molar-refractivity contribution in [3.63, 3.8) is 0 Å². The van der Waals surface area contributed by atoms with Gasteiger partial charge in [0, 0.05) is 5.56 Å². The molecular weight excluding hydrogens is 415 g/mol. The van der Waals surface area contributed by atoms with Crippen LogP contribution in [0.2, 0.25) is 0 Å². The van der Waals surface area contributed by atoms with Crippen molar-refractivity contribution >= 4 is 21.6 Å². The summed E-state index contributed by atoms with van der Waals surface area (Å²) in [5.74, 6) is -1.06. The van der Waals surface area contributed by atoms with Crippen LogP contribution in [0.5, 0.6) is 0 Å². The summed E-state index contributed by atoms with van der Waals surface area (Å²) in [6.07, 6.45) is 0.683. The van der Waals surface area contributed by atoms with E-state index >= 15 is 0 Å². The van der Waals surface area contributed by atoms with Gasteiger partial charge in [0.25, 0.3) is 15.9 Å². The molecule has 0 aliphatic heterocycles. The van der Waals surface area contributed by atoms with Crippen molar-refractivity contribution in [2.24, 2.45) is 0 Å². The molecule has 3 aromatic rings. The molecule has 2 N–H and O–H groups in total. The normalized spacial score (nSPS) is 12.3. The van der Waals surface area contributed by atoms with E-state index in [1.54, 1.807) is 6.07 Å². The second kappa shape index (κ2) is 9.31. The molecule has 1 amide bonds. The summed E-state index contributed by atoms with van der Waals surface area (Å²) in [5, 5.41) is 2.98. The van der Waals surface area contributed by atoms with Crippen molar-refractivity contribution in [3.05, 3.63) is 94.8 Å². The third-order valence-corrected chi connectivity index (χ3v) is 6.40. The van der Waals surface area contributed by atoms with Gasteiger partial charge in [0.1, 0.15) is 5.82 Å². The molecule has 5 nitrogen and oxygen atoms in total. The molecule has 0 saturated heterocycles. The predicted molar refractivity (Wildman–Crippen MR) is 120 cm³/mol. The van der Waals surface area contributed by atoms with Gasteiger partial charge in [-0.25, -0.2) is 12.8 Å². The van der Waals surface area contributed by atoms with Crippen LogP contribution < -0.4 is 10.0 Å². The number of benzene rings is 3. The van der Waals surface area contributed by atoms with Gasteiger partial charge in [0.15, 0.2) is 0 Å². The minimum Gasteiger partial charge on any atom is -0.345 e. The van der Waals surface area contributed by atoms with Crippen LogP contribution in [0.1, 0.15) is 46.4 Å². The lowest BCUT2D eigenvalue weighted by atomic mass is 9.97. The van der Waals surface area contributed by atoms with E-state index in [0.717, 1.165) is 16.7 Å². The van der Waals surface area contributed by atoms with Crippen LogP contribution in [-0.4, -0.2) is 14.3 Å². The van der Waals surface area contributed by atoms with Crippen LogP contribution in [0, 0.1) is 19.7 Å². The lowest BCUT2D eigenvalue weighted by Crippen LogP contribution is -2.29. The molecule has 3 rings (SSSR count). The van der Waals surface area contributed by atoms with Crippen LogP contribution in [-0.2, 0) is 10.0 Å². The van der Waals surface area contributed by atoms with E-state index in [2.05, 4.69) is 16.1 Å². The number of anilines is 1. The van der Waals surface area contributed by atoms with E-state index < -0.39 is 15.8 Å². The van der Waals surface area contributed by atoms with Gasteiger partial charge >= 0.3 is 0 Å². The number of hydrogen-bond donors (Lipinski definition) is 2. The highest BCUT2D eigenvalue weighted by Crippen LogP contribution is 2.23. The second-order valence-corrected chi connectivity index (χ2v) is 9.09. The van der Waals surface area contributed by atoms with Crippen LogP contribution >= 0.6 is 0 Å². The van der Waals surface area contributed by atoms with E-state index in [1.807, 2.05) is 32.9 Å². The van der Waals surface area contributed by atoms with Crippen LogP contribution in [0.3, 0.4) is 0 Å². The van der Waals surface area contributed by atoms with Crippen molar-refractivity contribution < 1.29 is 17.6 Å². The standard InChI is InChI=1S/C24H25FN2O3S/c1-4-22(20-13-12-16(2)14-17(20)3)26-24(28)18-8-7-9-19(15-18)31(29,30)27-23-11-6-5-10-21(23)25/h5-15,22,27H,4H2,1-3H3,(H,26,28). The lowest BCUT2D eigenvalue weighted by Gasteiger charge is -2.20. The maximum absolute atomic E-state index is 13.9. The summed E-state index contributed by atoms with van der Waals surface area (Å²) in [7, 11) is -4.06. The summed E-state index contributed by atoms with van der Waals surface area (Å²) in [6, 6.07) is 17.0. The summed E-state index contributed by atoms with van der Waals surface area (Å²) in [6.45, 7) is 5.99. The van der Waals surface area contributed by atoms with Crippen LogP contribution in [0.15, 0.2) is 71.6 Å². The highest BCUT2D eigenvalue weighted by Gasteiger charge is 2.20. The molecule has 0 heterocycles. The van der Waals surface area contributed by atoms with E-state index in [4.69, 9.17) is 0 Å². The largest absolute Gasteiger partial charge is 0.345 e. The zero-order chi connectivity index (χ0) is 22.6. The van der Waals surface area contributed by atoms with Crippen molar-refractivity contribution in [1.29, 1.82) is 0 Å². The van der Waals surface area contributed by atoms with E-state index in [9.17, 15) is 17.6 Å². The SMILES string of the molecule is CCC(NC(=O)c1cccc(S(=O)(=O)Nc2ccccc2F)c1)c1ccc(C)cc1C. The summed E-state index contributed by atoms with van der Waals surface area (Å²) in [4.78, 5) is 12.7. The van der Waals surface area contributed by atoms with Gasteiger partial charge in [-0.15, -0.1) is 0 Å². The third kappa shape index (κ3) is 5.30. The molecule has 0 aromatic heterocycles. The molecule has 3 aromatic carbocycles. The molecule has 0 spiro atoms.